The van der Waals surface area contributed by atoms with Crippen LogP contribution in [0.2, 0.25) is 0 Å². The second kappa shape index (κ2) is 8.07. The molecule has 1 aliphatic rings. The Morgan fingerprint density at radius 3 is 2.60 bits per heavy atom. The predicted molar refractivity (Wildman–Crippen MR) is 118 cm³/mol. The second-order valence-electron chi connectivity index (χ2n) is 7.71. The topological polar surface area (TPSA) is 91.9 Å². The third-order valence-corrected chi connectivity index (χ3v) is 7.16. The highest BCUT2D eigenvalue weighted by Crippen LogP contribution is 2.30. The first-order chi connectivity index (χ1) is 14.4. The maximum absolute atomic E-state index is 13.2. The molecular weight excluding hydrogens is 398 g/mol. The molecule has 3 aromatic rings. The van der Waals surface area contributed by atoms with Crippen LogP contribution in [0.25, 0.3) is 11.3 Å². The lowest BCUT2D eigenvalue weighted by Crippen LogP contribution is -2.21. The van der Waals surface area contributed by atoms with Gasteiger partial charge in [-0.2, -0.15) is 5.10 Å². The monoisotopic (exact) mass is 423 g/mol. The van der Waals surface area contributed by atoms with Gasteiger partial charge in [-0.05, 0) is 73.9 Å². The molecule has 1 aliphatic carbocycles. The number of sulfonamides is 1. The molecule has 0 radical (unpaired) electrons. The van der Waals surface area contributed by atoms with Crippen molar-refractivity contribution in [1.82, 2.24) is 10.2 Å². The zero-order valence-corrected chi connectivity index (χ0v) is 18.0. The molecule has 0 unspecified atom stereocenters. The molecule has 0 fully saturated rings. The Balaban J connectivity index is 1.76. The van der Waals surface area contributed by atoms with E-state index in [1.165, 1.54) is 0 Å². The molecule has 2 aromatic carbocycles. The third kappa shape index (κ3) is 3.89. The summed E-state index contributed by atoms with van der Waals surface area (Å²) < 4.78 is 29.0. The molecule has 156 valence electrons. The van der Waals surface area contributed by atoms with Gasteiger partial charge in [0.2, 0.25) is 0 Å². The molecule has 0 aliphatic heterocycles. The van der Waals surface area contributed by atoms with E-state index in [1.807, 2.05) is 31.2 Å². The van der Waals surface area contributed by atoms with E-state index in [1.54, 1.807) is 25.1 Å². The lowest BCUT2D eigenvalue weighted by molar-refractivity contribution is 0.600. The standard InChI is InChI=1S/C23H25N3O3S/c1-3-16-7-6-8-18(13-16)26-30(28,29)21-14-17(12-11-15(21)2)22-19-9-4-5-10-20(19)23(27)25-24-22/h6-8,11-14,26H,3-5,9-10H2,1-2H3,(H,25,27). The Labute approximate surface area is 176 Å². The normalized spacial score (nSPS) is 13.7. The summed E-state index contributed by atoms with van der Waals surface area (Å²) in [5, 5.41) is 6.85. The van der Waals surface area contributed by atoms with E-state index in [2.05, 4.69) is 14.9 Å². The number of aromatic nitrogens is 2. The quantitative estimate of drug-likeness (QED) is 0.649. The molecule has 1 aromatic heterocycles. The molecule has 30 heavy (non-hydrogen) atoms. The molecular formula is C23H25N3O3S. The highest BCUT2D eigenvalue weighted by atomic mass is 32.2. The first-order valence-corrected chi connectivity index (χ1v) is 11.7. The van der Waals surface area contributed by atoms with Gasteiger partial charge in [-0.25, -0.2) is 13.5 Å². The zero-order chi connectivity index (χ0) is 21.3. The number of nitrogens with zero attached hydrogens (tertiary/aromatic N) is 1. The lowest BCUT2D eigenvalue weighted by Gasteiger charge is -2.18. The summed E-state index contributed by atoms with van der Waals surface area (Å²) in [6.07, 6.45) is 4.31. The molecule has 7 heteroatoms. The van der Waals surface area contributed by atoms with Crippen LogP contribution in [-0.2, 0) is 29.3 Å². The minimum Gasteiger partial charge on any atom is -0.280 e. The fourth-order valence-electron chi connectivity index (χ4n) is 4.00. The maximum atomic E-state index is 13.2. The van der Waals surface area contributed by atoms with Crippen LogP contribution in [0.4, 0.5) is 5.69 Å². The number of rotatable bonds is 5. The number of nitrogens with one attached hydrogen (secondary N) is 2. The van der Waals surface area contributed by atoms with Crippen molar-refractivity contribution in [2.75, 3.05) is 4.72 Å². The van der Waals surface area contributed by atoms with Gasteiger partial charge in [0, 0.05) is 16.8 Å². The molecule has 6 nitrogen and oxygen atoms in total. The van der Waals surface area contributed by atoms with Gasteiger partial charge in [-0.1, -0.05) is 31.2 Å². The summed E-state index contributed by atoms with van der Waals surface area (Å²) >= 11 is 0. The molecule has 1 heterocycles. The van der Waals surface area contributed by atoms with Crippen molar-refractivity contribution < 1.29 is 8.42 Å². The van der Waals surface area contributed by atoms with Crippen molar-refractivity contribution in [2.24, 2.45) is 0 Å². The molecule has 0 atom stereocenters. The Bertz CT molecular complexity index is 1260. The second-order valence-corrected chi connectivity index (χ2v) is 9.36. The first kappa shape index (κ1) is 20.3. The number of hydrogen-bond donors (Lipinski definition) is 2. The summed E-state index contributed by atoms with van der Waals surface area (Å²) in [6.45, 7) is 3.80. The van der Waals surface area contributed by atoms with Crippen LogP contribution in [0.3, 0.4) is 0 Å². The minimum atomic E-state index is -3.78. The number of aromatic amines is 1. The largest absolute Gasteiger partial charge is 0.280 e. The molecule has 0 amide bonds. The highest BCUT2D eigenvalue weighted by molar-refractivity contribution is 7.92. The van der Waals surface area contributed by atoms with E-state index in [9.17, 15) is 13.2 Å². The van der Waals surface area contributed by atoms with Gasteiger partial charge in [-0.3, -0.25) is 9.52 Å². The van der Waals surface area contributed by atoms with E-state index in [0.29, 0.717) is 22.5 Å². The van der Waals surface area contributed by atoms with Gasteiger partial charge in [0.15, 0.2) is 0 Å². The van der Waals surface area contributed by atoms with Gasteiger partial charge in [0.05, 0.1) is 10.6 Å². The first-order valence-electron chi connectivity index (χ1n) is 10.2. The third-order valence-electron chi connectivity index (χ3n) is 5.64. The summed E-state index contributed by atoms with van der Waals surface area (Å²) in [5.74, 6) is 0. The number of hydrogen-bond acceptors (Lipinski definition) is 4. The van der Waals surface area contributed by atoms with Gasteiger partial charge in [0.1, 0.15) is 0 Å². The molecule has 0 bridgehead atoms. The predicted octanol–water partition coefficient (Wildman–Crippen LogP) is 3.99. The molecule has 0 saturated heterocycles. The van der Waals surface area contributed by atoms with E-state index < -0.39 is 10.0 Å². The van der Waals surface area contributed by atoms with Gasteiger partial charge in [-0.15, -0.1) is 0 Å². The Hall–Kier alpha value is -2.93. The van der Waals surface area contributed by atoms with Crippen molar-refractivity contribution in [1.29, 1.82) is 0 Å². The number of anilines is 1. The molecule has 0 saturated carbocycles. The summed E-state index contributed by atoms with van der Waals surface area (Å²) in [7, 11) is -3.78. The number of aryl methyl sites for hydroxylation is 2. The molecule has 4 rings (SSSR count). The Morgan fingerprint density at radius 1 is 1.07 bits per heavy atom. The van der Waals surface area contributed by atoms with E-state index in [4.69, 9.17) is 0 Å². The fraction of sp³-hybridized carbons (Fsp3) is 0.304. The number of benzene rings is 2. The summed E-state index contributed by atoms with van der Waals surface area (Å²) in [5.41, 5.74) is 5.16. The van der Waals surface area contributed by atoms with Crippen LogP contribution >= 0.6 is 0 Å². The minimum absolute atomic E-state index is 0.147. The van der Waals surface area contributed by atoms with E-state index in [0.717, 1.165) is 48.8 Å². The SMILES string of the molecule is CCc1cccc(NS(=O)(=O)c2cc(-c3n[nH]c(=O)c4c3CCCC4)ccc2C)c1. The highest BCUT2D eigenvalue weighted by Gasteiger charge is 2.22. The fourth-order valence-corrected chi connectivity index (χ4v) is 5.32. The lowest BCUT2D eigenvalue weighted by atomic mass is 9.90. The van der Waals surface area contributed by atoms with Gasteiger partial charge < -0.3 is 0 Å². The van der Waals surface area contributed by atoms with Crippen molar-refractivity contribution in [3.05, 3.63) is 75.1 Å². The maximum Gasteiger partial charge on any atom is 0.267 e. The Morgan fingerprint density at radius 2 is 1.83 bits per heavy atom. The van der Waals surface area contributed by atoms with E-state index >= 15 is 0 Å². The molecule has 0 spiro atoms. The van der Waals surface area contributed by atoms with Gasteiger partial charge in [0.25, 0.3) is 15.6 Å². The van der Waals surface area contributed by atoms with E-state index in [-0.39, 0.29) is 10.5 Å². The van der Waals surface area contributed by atoms with Crippen LogP contribution in [0.15, 0.2) is 52.2 Å². The van der Waals surface area contributed by atoms with Gasteiger partial charge >= 0.3 is 0 Å². The smallest absolute Gasteiger partial charge is 0.267 e. The van der Waals surface area contributed by atoms with Crippen LogP contribution in [0, 0.1) is 6.92 Å². The van der Waals surface area contributed by atoms with Crippen LogP contribution in [0.5, 0.6) is 0 Å². The molecule has 2 N–H and O–H groups in total. The Kier molecular flexibility index (Phi) is 5.47. The summed E-state index contributed by atoms with van der Waals surface area (Å²) in [6, 6.07) is 12.7. The number of fused-ring (bicyclic) bond motifs is 1. The zero-order valence-electron chi connectivity index (χ0n) is 17.2. The average Bonchev–Trinajstić information content (AvgIpc) is 2.74. The van der Waals surface area contributed by atoms with Crippen LogP contribution in [-0.4, -0.2) is 18.6 Å². The van der Waals surface area contributed by atoms with Crippen molar-refractivity contribution >= 4 is 15.7 Å². The van der Waals surface area contributed by atoms with Crippen molar-refractivity contribution in [3.63, 3.8) is 0 Å². The van der Waals surface area contributed by atoms with Crippen LogP contribution in [0.1, 0.15) is 42.0 Å². The summed E-state index contributed by atoms with van der Waals surface area (Å²) in [4.78, 5) is 12.4. The van der Waals surface area contributed by atoms with Crippen molar-refractivity contribution in [2.45, 2.75) is 50.8 Å². The average molecular weight is 424 g/mol. The number of H-pyrrole nitrogens is 1. The van der Waals surface area contributed by atoms with Crippen LogP contribution < -0.4 is 10.3 Å². The van der Waals surface area contributed by atoms with Crippen molar-refractivity contribution in [3.8, 4) is 11.3 Å².